The lowest BCUT2D eigenvalue weighted by Crippen LogP contribution is -1.99. The fourth-order valence-corrected chi connectivity index (χ4v) is 0.743. The fourth-order valence-electron chi connectivity index (χ4n) is 0.743. The van der Waals surface area contributed by atoms with Crippen molar-refractivity contribution in [3.05, 3.63) is 11.3 Å². The number of hydrogen-bond donors (Lipinski definition) is 1. The van der Waals surface area contributed by atoms with Crippen LogP contribution in [0.2, 0.25) is 0 Å². The molecular weight excluding hydrogens is 158 g/mol. The number of isocyanates is 1. The smallest absolute Gasteiger partial charge is 0.333 e. The molecule has 66 valence electrons. The van der Waals surface area contributed by atoms with E-state index in [2.05, 4.69) is 4.99 Å². The minimum absolute atomic E-state index is 0.111. The normalized spacial score (nSPS) is 11.5. The van der Waals surface area contributed by atoms with Gasteiger partial charge in [-0.3, -0.25) is 0 Å². The van der Waals surface area contributed by atoms with Gasteiger partial charge in [-0.2, -0.15) is 4.99 Å². The van der Waals surface area contributed by atoms with Crippen molar-refractivity contribution in [1.29, 1.82) is 0 Å². The van der Waals surface area contributed by atoms with Crippen LogP contribution in [0.25, 0.3) is 0 Å². The molecule has 0 aliphatic carbocycles. The Bertz CT molecular complexity index is 249. The van der Waals surface area contributed by atoms with E-state index >= 15 is 0 Å². The van der Waals surface area contributed by atoms with Gasteiger partial charge in [0.1, 0.15) is 0 Å². The van der Waals surface area contributed by atoms with E-state index in [9.17, 15) is 9.59 Å². The molecule has 0 saturated heterocycles. The minimum atomic E-state index is -1.04. The molecule has 0 amide bonds. The van der Waals surface area contributed by atoms with Crippen LogP contribution in [-0.2, 0) is 9.59 Å². The molecule has 0 atom stereocenters. The van der Waals surface area contributed by atoms with Crippen molar-refractivity contribution in [1.82, 2.24) is 0 Å². The number of carbonyl (C=O) groups is 1. The summed E-state index contributed by atoms with van der Waals surface area (Å²) in [5.41, 5.74) is 0.417. The first-order chi connectivity index (χ1) is 5.63. The first kappa shape index (κ1) is 10.6. The van der Waals surface area contributed by atoms with E-state index in [1.54, 1.807) is 0 Å². The zero-order chi connectivity index (χ0) is 9.56. The molecule has 0 aliphatic rings. The predicted octanol–water partition coefficient (Wildman–Crippen LogP) is 1.48. The van der Waals surface area contributed by atoms with E-state index in [1.165, 1.54) is 13.0 Å². The summed E-state index contributed by atoms with van der Waals surface area (Å²) in [5, 5.41) is 8.56. The summed E-state index contributed by atoms with van der Waals surface area (Å²) >= 11 is 0. The molecule has 0 bridgehead atoms. The Balaban J connectivity index is 4.78. The lowest BCUT2D eigenvalue weighted by atomic mass is 10.1. The molecule has 0 saturated carbocycles. The first-order valence-corrected chi connectivity index (χ1v) is 3.64. The molecule has 0 rings (SSSR count). The summed E-state index contributed by atoms with van der Waals surface area (Å²) in [7, 11) is 0. The quantitative estimate of drug-likeness (QED) is 0.393. The van der Waals surface area contributed by atoms with Crippen LogP contribution >= 0.6 is 0 Å². The maximum absolute atomic E-state index is 10.4. The van der Waals surface area contributed by atoms with E-state index in [0.29, 0.717) is 12.1 Å². The average Bonchev–Trinajstić information content (AvgIpc) is 2.03. The lowest BCUT2D eigenvalue weighted by Gasteiger charge is -1.99. The summed E-state index contributed by atoms with van der Waals surface area (Å²) in [6, 6.07) is 0. The molecule has 0 aliphatic heterocycles. The Kier molecular flexibility index (Phi) is 4.65. The van der Waals surface area contributed by atoms with E-state index in [0.717, 1.165) is 6.42 Å². The maximum atomic E-state index is 10.4. The lowest BCUT2D eigenvalue weighted by molar-refractivity contribution is -0.132. The number of hydrogen-bond acceptors (Lipinski definition) is 3. The standard InChI is InChI=1S/C8H11NO3/c1-3-4-7(9-5-10)6(2)8(11)12/h3-4H2,1-2H3,(H,11,12)/b7-6+. The van der Waals surface area contributed by atoms with E-state index < -0.39 is 5.97 Å². The number of nitrogens with zero attached hydrogens (tertiary/aromatic N) is 1. The van der Waals surface area contributed by atoms with Crippen LogP contribution in [0.5, 0.6) is 0 Å². The number of rotatable bonds is 4. The van der Waals surface area contributed by atoms with Crippen LogP contribution in [0.15, 0.2) is 16.3 Å². The number of allylic oxidation sites excluding steroid dienone is 1. The van der Waals surface area contributed by atoms with Crippen molar-refractivity contribution in [2.45, 2.75) is 26.7 Å². The van der Waals surface area contributed by atoms with Crippen LogP contribution in [0.4, 0.5) is 0 Å². The number of aliphatic carboxylic acids is 1. The molecule has 4 heteroatoms. The van der Waals surface area contributed by atoms with Crippen LogP contribution in [0, 0.1) is 0 Å². The third kappa shape index (κ3) is 3.12. The van der Waals surface area contributed by atoms with Gasteiger partial charge in [0, 0.05) is 0 Å². The number of carbonyl (C=O) groups excluding carboxylic acids is 1. The van der Waals surface area contributed by atoms with Gasteiger partial charge < -0.3 is 5.11 Å². The largest absolute Gasteiger partial charge is 0.478 e. The Morgan fingerprint density at radius 2 is 2.17 bits per heavy atom. The highest BCUT2D eigenvalue weighted by Gasteiger charge is 2.07. The zero-order valence-corrected chi connectivity index (χ0v) is 7.13. The van der Waals surface area contributed by atoms with Crippen molar-refractivity contribution in [3.63, 3.8) is 0 Å². The third-order valence-corrected chi connectivity index (χ3v) is 1.42. The van der Waals surface area contributed by atoms with Crippen LogP contribution in [0.3, 0.4) is 0 Å². The highest BCUT2D eigenvalue weighted by Crippen LogP contribution is 2.11. The van der Waals surface area contributed by atoms with Gasteiger partial charge >= 0.3 is 5.97 Å². The van der Waals surface area contributed by atoms with Crippen molar-refractivity contribution >= 4 is 12.0 Å². The Morgan fingerprint density at radius 1 is 1.58 bits per heavy atom. The van der Waals surface area contributed by atoms with Gasteiger partial charge in [0.2, 0.25) is 6.08 Å². The number of carboxylic acid groups (broad SMARTS) is 1. The Morgan fingerprint density at radius 3 is 2.50 bits per heavy atom. The van der Waals surface area contributed by atoms with Crippen LogP contribution in [-0.4, -0.2) is 17.2 Å². The highest BCUT2D eigenvalue weighted by molar-refractivity contribution is 5.86. The van der Waals surface area contributed by atoms with Gasteiger partial charge in [0.05, 0.1) is 11.3 Å². The molecule has 0 aromatic rings. The van der Waals surface area contributed by atoms with Gasteiger partial charge in [-0.25, -0.2) is 9.59 Å². The second-order valence-corrected chi connectivity index (χ2v) is 2.33. The molecule has 0 heterocycles. The van der Waals surface area contributed by atoms with E-state index in [4.69, 9.17) is 5.11 Å². The summed E-state index contributed by atoms with van der Waals surface area (Å²) in [5.74, 6) is -1.04. The molecule has 12 heavy (non-hydrogen) atoms. The highest BCUT2D eigenvalue weighted by atomic mass is 16.4. The monoisotopic (exact) mass is 169 g/mol. The molecule has 0 unspecified atom stereocenters. The molecule has 1 N–H and O–H groups in total. The van der Waals surface area contributed by atoms with Crippen molar-refractivity contribution < 1.29 is 14.7 Å². The van der Waals surface area contributed by atoms with E-state index in [1.807, 2.05) is 6.92 Å². The second kappa shape index (κ2) is 5.27. The van der Waals surface area contributed by atoms with Gasteiger partial charge in [0.15, 0.2) is 0 Å². The van der Waals surface area contributed by atoms with E-state index in [-0.39, 0.29) is 5.57 Å². The predicted molar refractivity (Wildman–Crippen MR) is 43.4 cm³/mol. The Hall–Kier alpha value is -1.41. The van der Waals surface area contributed by atoms with Crippen LogP contribution in [0.1, 0.15) is 26.7 Å². The molecular formula is C8H11NO3. The summed E-state index contributed by atoms with van der Waals surface area (Å²) in [6.45, 7) is 3.31. The van der Waals surface area contributed by atoms with Crippen molar-refractivity contribution in [2.75, 3.05) is 0 Å². The van der Waals surface area contributed by atoms with Gasteiger partial charge in [0.25, 0.3) is 0 Å². The molecule has 0 fully saturated rings. The SMILES string of the molecule is CCC/C(N=C=O)=C(/C)C(=O)O. The summed E-state index contributed by atoms with van der Waals surface area (Å²) in [4.78, 5) is 23.7. The van der Waals surface area contributed by atoms with Crippen LogP contribution < -0.4 is 0 Å². The Labute approximate surface area is 70.6 Å². The molecule has 0 spiro atoms. The topological polar surface area (TPSA) is 66.7 Å². The second-order valence-electron chi connectivity index (χ2n) is 2.33. The summed E-state index contributed by atoms with van der Waals surface area (Å²) in [6.07, 6.45) is 2.59. The van der Waals surface area contributed by atoms with Crippen molar-refractivity contribution in [2.24, 2.45) is 4.99 Å². The molecule has 0 aromatic carbocycles. The first-order valence-electron chi connectivity index (χ1n) is 3.64. The van der Waals surface area contributed by atoms with Gasteiger partial charge in [-0.1, -0.05) is 13.3 Å². The average molecular weight is 169 g/mol. The maximum Gasteiger partial charge on any atom is 0.333 e. The number of aliphatic imine (C=N–C) groups is 1. The number of carboxylic acids is 1. The zero-order valence-electron chi connectivity index (χ0n) is 7.13. The third-order valence-electron chi connectivity index (χ3n) is 1.42. The fraction of sp³-hybridized carbons (Fsp3) is 0.500. The van der Waals surface area contributed by atoms with Crippen molar-refractivity contribution in [3.8, 4) is 0 Å². The molecule has 4 nitrogen and oxygen atoms in total. The van der Waals surface area contributed by atoms with Gasteiger partial charge in [-0.05, 0) is 13.3 Å². The summed E-state index contributed by atoms with van der Waals surface area (Å²) < 4.78 is 0. The van der Waals surface area contributed by atoms with Gasteiger partial charge in [-0.15, -0.1) is 0 Å². The molecule has 0 radical (unpaired) electrons. The molecule has 0 aromatic heterocycles. The minimum Gasteiger partial charge on any atom is -0.478 e.